The molecule has 3 aromatic rings. The molecule has 10 heteroatoms. The Kier molecular flexibility index (Phi) is 7.47. The Bertz CT molecular complexity index is 1280. The number of benzene rings is 2. The summed E-state index contributed by atoms with van der Waals surface area (Å²) in [4.78, 5) is 39.5. The van der Waals surface area contributed by atoms with E-state index in [0.717, 1.165) is 4.68 Å². The molecule has 32 heavy (non-hydrogen) atoms. The average Bonchev–Trinajstić information content (AvgIpc) is 2.76. The minimum absolute atomic E-state index is 0.245. The third-order valence-electron chi connectivity index (χ3n) is 4.35. The van der Waals surface area contributed by atoms with Crippen molar-refractivity contribution in [3.05, 3.63) is 67.3 Å². The Hall–Kier alpha value is -3.40. The standard InChI is InChI=1S/C22H22BrN3O6/c1-4-30-18-11-14(10-16(23)19(18)32-13(3)21(28)31-5-2)12-24-26-20(27)15-8-6-7-9-17(15)25-22(26)29/h6-13H,4-5H2,1-3H3,(H,25,29)/t13-/m0/s1. The lowest BCUT2D eigenvalue weighted by Gasteiger charge is -2.18. The predicted octanol–water partition coefficient (Wildman–Crippen LogP) is 3.06. The second kappa shape index (κ2) is 10.3. The molecule has 1 aromatic heterocycles. The van der Waals surface area contributed by atoms with Crippen molar-refractivity contribution >= 4 is 39.0 Å². The molecular formula is C22H22BrN3O6. The van der Waals surface area contributed by atoms with Crippen molar-refractivity contribution in [2.45, 2.75) is 26.9 Å². The van der Waals surface area contributed by atoms with Crippen LogP contribution in [0.15, 0.2) is 55.6 Å². The molecule has 0 bridgehead atoms. The maximum atomic E-state index is 12.6. The number of hydrogen-bond donors (Lipinski definition) is 1. The van der Waals surface area contributed by atoms with E-state index in [0.29, 0.717) is 39.0 Å². The molecule has 0 aliphatic carbocycles. The van der Waals surface area contributed by atoms with Gasteiger partial charge in [-0.25, -0.2) is 9.59 Å². The normalized spacial score (nSPS) is 12.1. The molecule has 1 heterocycles. The number of carbonyl (C=O) groups is 1. The number of ether oxygens (including phenoxy) is 3. The first-order chi connectivity index (χ1) is 15.3. The summed E-state index contributed by atoms with van der Waals surface area (Å²) in [6.07, 6.45) is 0.511. The molecule has 0 fully saturated rings. The van der Waals surface area contributed by atoms with Gasteiger partial charge in [0.25, 0.3) is 5.56 Å². The van der Waals surface area contributed by atoms with Crippen molar-refractivity contribution in [3.8, 4) is 11.5 Å². The number of hydrogen-bond acceptors (Lipinski definition) is 7. The molecule has 0 amide bonds. The topological polar surface area (TPSA) is 112 Å². The van der Waals surface area contributed by atoms with Gasteiger partial charge in [0.2, 0.25) is 0 Å². The van der Waals surface area contributed by atoms with Gasteiger partial charge in [0.1, 0.15) is 0 Å². The maximum Gasteiger partial charge on any atom is 0.349 e. The van der Waals surface area contributed by atoms with Gasteiger partial charge in [0.15, 0.2) is 17.6 Å². The van der Waals surface area contributed by atoms with E-state index < -0.39 is 23.3 Å². The van der Waals surface area contributed by atoms with Crippen molar-refractivity contribution in [2.75, 3.05) is 13.2 Å². The summed E-state index contributed by atoms with van der Waals surface area (Å²) >= 11 is 3.42. The number of para-hydroxylation sites is 1. The van der Waals surface area contributed by atoms with Crippen LogP contribution in [0.25, 0.3) is 10.9 Å². The summed E-state index contributed by atoms with van der Waals surface area (Å²) < 4.78 is 17.6. The highest BCUT2D eigenvalue weighted by molar-refractivity contribution is 9.10. The molecule has 0 saturated carbocycles. The Morgan fingerprint density at radius 2 is 1.97 bits per heavy atom. The van der Waals surface area contributed by atoms with Crippen LogP contribution in [0, 0.1) is 0 Å². The molecule has 0 radical (unpaired) electrons. The molecular weight excluding hydrogens is 482 g/mol. The lowest BCUT2D eigenvalue weighted by atomic mass is 10.2. The zero-order valence-electron chi connectivity index (χ0n) is 17.8. The lowest BCUT2D eigenvalue weighted by molar-refractivity contribution is -0.150. The van der Waals surface area contributed by atoms with Crippen LogP contribution >= 0.6 is 15.9 Å². The Morgan fingerprint density at radius 3 is 2.69 bits per heavy atom. The number of aromatic nitrogens is 2. The maximum absolute atomic E-state index is 12.6. The van der Waals surface area contributed by atoms with Crippen LogP contribution in [0.1, 0.15) is 26.3 Å². The minimum Gasteiger partial charge on any atom is -0.490 e. The molecule has 9 nitrogen and oxygen atoms in total. The molecule has 0 aliphatic rings. The lowest BCUT2D eigenvalue weighted by Crippen LogP contribution is -2.32. The van der Waals surface area contributed by atoms with Crippen LogP contribution in [0.3, 0.4) is 0 Å². The quantitative estimate of drug-likeness (QED) is 0.373. The van der Waals surface area contributed by atoms with Gasteiger partial charge in [-0.3, -0.25) is 4.79 Å². The van der Waals surface area contributed by atoms with E-state index in [1.807, 2.05) is 0 Å². The molecule has 2 aromatic carbocycles. The average molecular weight is 504 g/mol. The van der Waals surface area contributed by atoms with Gasteiger partial charge >= 0.3 is 11.7 Å². The fraction of sp³-hybridized carbons (Fsp3) is 0.273. The molecule has 0 saturated heterocycles. The van der Waals surface area contributed by atoms with E-state index in [4.69, 9.17) is 14.2 Å². The molecule has 0 unspecified atom stereocenters. The highest BCUT2D eigenvalue weighted by atomic mass is 79.9. The first-order valence-electron chi connectivity index (χ1n) is 9.93. The third-order valence-corrected chi connectivity index (χ3v) is 4.94. The summed E-state index contributed by atoms with van der Waals surface area (Å²) in [7, 11) is 0. The number of carbonyl (C=O) groups excluding carboxylic acids is 1. The summed E-state index contributed by atoms with van der Waals surface area (Å²) in [6, 6.07) is 9.99. The summed E-state index contributed by atoms with van der Waals surface area (Å²) in [5.41, 5.74) is -0.214. The van der Waals surface area contributed by atoms with Crippen molar-refractivity contribution in [1.82, 2.24) is 9.66 Å². The number of esters is 1. The first kappa shape index (κ1) is 23.3. The molecule has 3 rings (SSSR count). The van der Waals surface area contributed by atoms with Crippen molar-refractivity contribution in [3.63, 3.8) is 0 Å². The number of halogens is 1. The zero-order valence-corrected chi connectivity index (χ0v) is 19.3. The molecule has 0 spiro atoms. The fourth-order valence-corrected chi connectivity index (χ4v) is 3.46. The van der Waals surface area contributed by atoms with Gasteiger partial charge in [0, 0.05) is 0 Å². The van der Waals surface area contributed by atoms with Crippen LogP contribution in [-0.4, -0.2) is 41.2 Å². The summed E-state index contributed by atoms with van der Waals surface area (Å²) in [5.74, 6) is 0.187. The third kappa shape index (κ3) is 5.08. The highest BCUT2D eigenvalue weighted by Gasteiger charge is 2.20. The SMILES string of the molecule is CCOC(=O)[C@H](C)Oc1c(Br)cc(C=Nn2c(=O)[nH]c3ccccc3c2=O)cc1OCC. The molecule has 1 N–H and O–H groups in total. The first-order valence-corrected chi connectivity index (χ1v) is 10.7. The van der Waals surface area contributed by atoms with Crippen LogP contribution < -0.4 is 20.7 Å². The molecule has 168 valence electrons. The second-order valence-corrected chi connectivity index (χ2v) is 7.47. The summed E-state index contributed by atoms with van der Waals surface area (Å²) in [5, 5.41) is 4.40. The van der Waals surface area contributed by atoms with Gasteiger partial charge in [-0.15, -0.1) is 4.68 Å². The van der Waals surface area contributed by atoms with Crippen molar-refractivity contribution in [2.24, 2.45) is 5.10 Å². The van der Waals surface area contributed by atoms with Crippen molar-refractivity contribution in [1.29, 1.82) is 0 Å². The van der Waals surface area contributed by atoms with Gasteiger partial charge in [-0.1, -0.05) is 12.1 Å². The van der Waals surface area contributed by atoms with Crippen LogP contribution in [0.5, 0.6) is 11.5 Å². The highest BCUT2D eigenvalue weighted by Crippen LogP contribution is 2.37. The second-order valence-electron chi connectivity index (χ2n) is 6.61. The number of nitrogens with one attached hydrogen (secondary N) is 1. The van der Waals surface area contributed by atoms with Crippen molar-refractivity contribution < 1.29 is 19.0 Å². The number of rotatable bonds is 8. The Morgan fingerprint density at radius 1 is 1.22 bits per heavy atom. The van der Waals surface area contributed by atoms with Gasteiger partial charge in [0.05, 0.1) is 34.8 Å². The van der Waals surface area contributed by atoms with E-state index in [1.54, 1.807) is 57.2 Å². The van der Waals surface area contributed by atoms with Crippen LogP contribution in [-0.2, 0) is 9.53 Å². The monoisotopic (exact) mass is 503 g/mol. The summed E-state index contributed by atoms with van der Waals surface area (Å²) in [6.45, 7) is 5.69. The zero-order chi connectivity index (χ0) is 23.3. The number of fused-ring (bicyclic) bond motifs is 1. The number of H-pyrrole nitrogens is 1. The fourth-order valence-electron chi connectivity index (χ4n) is 2.91. The molecule has 1 atom stereocenters. The predicted molar refractivity (Wildman–Crippen MR) is 124 cm³/mol. The Labute approximate surface area is 191 Å². The van der Waals surface area contributed by atoms with Crippen LogP contribution in [0.4, 0.5) is 0 Å². The van der Waals surface area contributed by atoms with Crippen LogP contribution in [0.2, 0.25) is 0 Å². The minimum atomic E-state index is -0.847. The van der Waals surface area contributed by atoms with E-state index >= 15 is 0 Å². The number of nitrogens with zero attached hydrogens (tertiary/aromatic N) is 2. The Balaban J connectivity index is 1.97. The largest absolute Gasteiger partial charge is 0.490 e. The van der Waals surface area contributed by atoms with Gasteiger partial charge in [-0.2, -0.15) is 5.10 Å². The van der Waals surface area contributed by atoms with E-state index in [-0.39, 0.29) is 6.61 Å². The van der Waals surface area contributed by atoms with Gasteiger partial charge in [-0.05, 0) is 66.5 Å². The molecule has 0 aliphatic heterocycles. The number of aromatic amines is 1. The van der Waals surface area contributed by atoms with E-state index in [9.17, 15) is 14.4 Å². The smallest absolute Gasteiger partial charge is 0.349 e. The van der Waals surface area contributed by atoms with E-state index in [2.05, 4.69) is 26.0 Å². The van der Waals surface area contributed by atoms with Gasteiger partial charge < -0.3 is 19.2 Å². The van der Waals surface area contributed by atoms with E-state index in [1.165, 1.54) is 6.21 Å².